The number of rotatable bonds is 1. The van der Waals surface area contributed by atoms with E-state index in [0.29, 0.717) is 16.5 Å². The van der Waals surface area contributed by atoms with E-state index >= 15 is 0 Å². The summed E-state index contributed by atoms with van der Waals surface area (Å²) in [6, 6.07) is 0. The van der Waals surface area contributed by atoms with Crippen LogP contribution in [0, 0.1) is 5.92 Å². The molecule has 0 bridgehead atoms. The van der Waals surface area contributed by atoms with Gasteiger partial charge in [0.2, 0.25) is 0 Å². The normalized spacial score (nSPS) is 24.9. The summed E-state index contributed by atoms with van der Waals surface area (Å²) >= 11 is 1.05. The van der Waals surface area contributed by atoms with Crippen LogP contribution in [-0.2, 0) is 9.59 Å². The van der Waals surface area contributed by atoms with Crippen LogP contribution in [0.15, 0.2) is 20.5 Å². The minimum Gasteiger partial charge on any atom is -0.477 e. The number of aliphatic imine (C=N–C) groups is 2. The standard InChI is InChI=1S/C9H8N2O3S/c1-3-5-7(12)10-4(2)11-8(5)15-6(3)9(13)14/h5H,1-2H3,(H,13,14). The van der Waals surface area contributed by atoms with Gasteiger partial charge in [0.15, 0.2) is 0 Å². The second kappa shape index (κ2) is 3.30. The molecule has 1 atom stereocenters. The molecule has 78 valence electrons. The summed E-state index contributed by atoms with van der Waals surface area (Å²) in [4.78, 5) is 30.4. The fourth-order valence-electron chi connectivity index (χ4n) is 1.56. The predicted molar refractivity (Wildman–Crippen MR) is 57.0 cm³/mol. The van der Waals surface area contributed by atoms with Crippen LogP contribution < -0.4 is 0 Å². The topological polar surface area (TPSA) is 79.1 Å². The van der Waals surface area contributed by atoms with Gasteiger partial charge in [0.05, 0.1) is 9.95 Å². The molecule has 2 heterocycles. The van der Waals surface area contributed by atoms with Crippen LogP contribution in [0.25, 0.3) is 0 Å². The van der Waals surface area contributed by atoms with Gasteiger partial charge in [-0.2, -0.15) is 4.99 Å². The Morgan fingerprint density at radius 3 is 2.67 bits per heavy atom. The van der Waals surface area contributed by atoms with Crippen molar-refractivity contribution < 1.29 is 14.7 Å². The van der Waals surface area contributed by atoms with Gasteiger partial charge in [-0.15, -0.1) is 0 Å². The molecule has 1 N–H and O–H groups in total. The molecule has 15 heavy (non-hydrogen) atoms. The maximum absolute atomic E-state index is 11.6. The highest BCUT2D eigenvalue weighted by atomic mass is 32.2. The molecule has 0 saturated heterocycles. The van der Waals surface area contributed by atoms with Crippen molar-refractivity contribution in [2.75, 3.05) is 0 Å². The van der Waals surface area contributed by atoms with Gasteiger partial charge in [0.25, 0.3) is 5.91 Å². The Morgan fingerprint density at radius 2 is 2.07 bits per heavy atom. The number of hydrogen-bond donors (Lipinski definition) is 1. The molecule has 2 aliphatic heterocycles. The minimum atomic E-state index is -1.01. The number of amides is 1. The number of carboxylic acids is 1. The number of carboxylic acid groups (broad SMARTS) is 1. The summed E-state index contributed by atoms with van der Waals surface area (Å²) < 4.78 is 0. The number of hydrogen-bond acceptors (Lipinski definition) is 4. The zero-order valence-electron chi connectivity index (χ0n) is 8.14. The molecule has 2 aliphatic rings. The monoisotopic (exact) mass is 224 g/mol. The Balaban J connectivity index is 2.46. The molecular formula is C9H8N2O3S. The van der Waals surface area contributed by atoms with Gasteiger partial charge < -0.3 is 5.11 Å². The van der Waals surface area contributed by atoms with Crippen molar-refractivity contribution in [1.29, 1.82) is 0 Å². The second-order valence-corrected chi connectivity index (χ2v) is 4.33. The van der Waals surface area contributed by atoms with Crippen molar-refractivity contribution in [3.05, 3.63) is 10.5 Å². The summed E-state index contributed by atoms with van der Waals surface area (Å²) in [6.07, 6.45) is 0. The van der Waals surface area contributed by atoms with Gasteiger partial charge in [0, 0.05) is 0 Å². The number of nitrogens with zero attached hydrogens (tertiary/aromatic N) is 2. The molecule has 0 aromatic heterocycles. The minimum absolute atomic E-state index is 0.192. The van der Waals surface area contributed by atoms with Crippen molar-refractivity contribution in [1.82, 2.24) is 0 Å². The number of carbonyl (C=O) groups is 2. The lowest BCUT2D eigenvalue weighted by Gasteiger charge is -2.12. The van der Waals surface area contributed by atoms with E-state index in [9.17, 15) is 9.59 Å². The van der Waals surface area contributed by atoms with Crippen LogP contribution in [0.1, 0.15) is 13.8 Å². The molecule has 6 heteroatoms. The Labute approximate surface area is 90.0 Å². The molecule has 0 saturated carbocycles. The van der Waals surface area contributed by atoms with Crippen molar-refractivity contribution in [2.24, 2.45) is 15.9 Å². The second-order valence-electron chi connectivity index (χ2n) is 3.30. The Morgan fingerprint density at radius 1 is 1.40 bits per heavy atom. The highest BCUT2D eigenvalue weighted by Crippen LogP contribution is 2.40. The van der Waals surface area contributed by atoms with E-state index in [0.717, 1.165) is 11.8 Å². The first-order chi connectivity index (χ1) is 7.00. The molecule has 0 fully saturated rings. The summed E-state index contributed by atoms with van der Waals surface area (Å²) in [7, 11) is 0. The third-order valence-corrected chi connectivity index (χ3v) is 3.47. The molecule has 1 amide bonds. The Hall–Kier alpha value is -1.43. The first-order valence-electron chi connectivity index (χ1n) is 4.30. The summed E-state index contributed by atoms with van der Waals surface area (Å²) in [5.41, 5.74) is 0.535. The lowest BCUT2D eigenvalue weighted by Crippen LogP contribution is -2.23. The zero-order valence-corrected chi connectivity index (χ0v) is 8.96. The van der Waals surface area contributed by atoms with Crippen LogP contribution in [-0.4, -0.2) is 27.9 Å². The molecule has 5 nitrogen and oxygen atoms in total. The fourth-order valence-corrected chi connectivity index (χ4v) is 2.71. The van der Waals surface area contributed by atoms with Crippen LogP contribution in [0.3, 0.4) is 0 Å². The maximum atomic E-state index is 11.6. The van der Waals surface area contributed by atoms with Gasteiger partial charge in [0.1, 0.15) is 11.8 Å². The highest BCUT2D eigenvalue weighted by Gasteiger charge is 2.39. The number of aliphatic carboxylic acids is 1. The Bertz CT molecular complexity index is 462. The van der Waals surface area contributed by atoms with Crippen molar-refractivity contribution >= 4 is 34.5 Å². The van der Waals surface area contributed by atoms with Gasteiger partial charge >= 0.3 is 5.97 Å². The van der Waals surface area contributed by atoms with E-state index in [-0.39, 0.29) is 10.8 Å². The van der Waals surface area contributed by atoms with Crippen molar-refractivity contribution in [2.45, 2.75) is 13.8 Å². The van der Waals surface area contributed by atoms with E-state index < -0.39 is 11.9 Å². The van der Waals surface area contributed by atoms with Crippen molar-refractivity contribution in [3.63, 3.8) is 0 Å². The molecule has 1 unspecified atom stereocenters. The average Bonchev–Trinajstić information content (AvgIpc) is 2.42. The predicted octanol–water partition coefficient (Wildman–Crippen LogP) is 1.07. The first-order valence-corrected chi connectivity index (χ1v) is 5.12. The van der Waals surface area contributed by atoms with E-state index in [1.165, 1.54) is 0 Å². The third-order valence-electron chi connectivity index (χ3n) is 2.23. The molecular weight excluding hydrogens is 216 g/mol. The number of carbonyl (C=O) groups excluding carboxylic acids is 1. The van der Waals surface area contributed by atoms with E-state index in [1.807, 2.05) is 0 Å². The quantitative estimate of drug-likeness (QED) is 0.722. The maximum Gasteiger partial charge on any atom is 0.342 e. The van der Waals surface area contributed by atoms with Gasteiger partial charge in [-0.25, -0.2) is 9.79 Å². The largest absolute Gasteiger partial charge is 0.477 e. The smallest absolute Gasteiger partial charge is 0.342 e. The molecule has 2 rings (SSSR count). The van der Waals surface area contributed by atoms with Gasteiger partial charge in [-0.1, -0.05) is 11.8 Å². The molecule has 0 aromatic rings. The highest BCUT2D eigenvalue weighted by molar-refractivity contribution is 8.18. The van der Waals surface area contributed by atoms with Crippen LogP contribution >= 0.6 is 11.8 Å². The number of thioether (sulfide) groups is 1. The zero-order chi connectivity index (χ0) is 11.2. The molecule has 0 radical (unpaired) electrons. The molecule has 0 aromatic carbocycles. The lowest BCUT2D eigenvalue weighted by atomic mass is 10.00. The summed E-state index contributed by atoms with van der Waals surface area (Å²) in [5.74, 6) is -1.51. The lowest BCUT2D eigenvalue weighted by molar-refractivity contribution is -0.131. The number of fused-ring (bicyclic) bond motifs is 1. The van der Waals surface area contributed by atoms with Crippen molar-refractivity contribution in [3.8, 4) is 0 Å². The SMILES string of the molecule is CC1=NC(=O)C2C(=N1)SC(C(=O)O)=C2C. The first kappa shape index (κ1) is 10.1. The van der Waals surface area contributed by atoms with Crippen LogP contribution in [0.5, 0.6) is 0 Å². The van der Waals surface area contributed by atoms with E-state index in [1.54, 1.807) is 13.8 Å². The van der Waals surface area contributed by atoms with Gasteiger partial charge in [-0.3, -0.25) is 4.79 Å². The van der Waals surface area contributed by atoms with Crippen LogP contribution in [0.4, 0.5) is 0 Å². The third kappa shape index (κ3) is 1.50. The van der Waals surface area contributed by atoms with E-state index in [4.69, 9.17) is 5.11 Å². The summed E-state index contributed by atoms with van der Waals surface area (Å²) in [5, 5.41) is 9.43. The Kier molecular flexibility index (Phi) is 2.22. The number of amidine groups is 1. The average molecular weight is 224 g/mol. The van der Waals surface area contributed by atoms with E-state index in [2.05, 4.69) is 9.98 Å². The fraction of sp³-hybridized carbons (Fsp3) is 0.333. The summed E-state index contributed by atoms with van der Waals surface area (Å²) in [6.45, 7) is 3.26. The molecule has 0 aliphatic carbocycles. The van der Waals surface area contributed by atoms with Gasteiger partial charge in [-0.05, 0) is 19.4 Å². The molecule has 0 spiro atoms. The van der Waals surface area contributed by atoms with Crippen LogP contribution in [0.2, 0.25) is 0 Å².